The molecule has 0 amide bonds. The van der Waals surface area contributed by atoms with Gasteiger partial charge in [0.15, 0.2) is 11.5 Å². The predicted molar refractivity (Wildman–Crippen MR) is 135 cm³/mol. The Kier molecular flexibility index (Phi) is 6.94. The summed E-state index contributed by atoms with van der Waals surface area (Å²) in [7, 11) is 1.60. The lowest BCUT2D eigenvalue weighted by molar-refractivity contribution is 0.249. The van der Waals surface area contributed by atoms with Crippen molar-refractivity contribution in [1.29, 1.82) is 5.26 Å². The van der Waals surface area contributed by atoms with Gasteiger partial charge in [0, 0.05) is 42.7 Å². The summed E-state index contributed by atoms with van der Waals surface area (Å²) >= 11 is 5.92. The summed E-state index contributed by atoms with van der Waals surface area (Å²) < 4.78 is 25.2. The molecule has 10 heteroatoms. The first-order chi connectivity index (χ1) is 17.0. The van der Waals surface area contributed by atoms with Gasteiger partial charge >= 0.3 is 0 Å². The van der Waals surface area contributed by atoms with Gasteiger partial charge in [0.05, 0.1) is 24.3 Å². The molecule has 2 unspecified atom stereocenters. The first-order valence-electron chi connectivity index (χ1n) is 11.8. The number of nitrogens with one attached hydrogen (secondary N) is 1. The molecule has 2 atom stereocenters. The number of nitrogens with zero attached hydrogens (tertiary/aromatic N) is 4. The molecule has 0 bridgehead atoms. The number of hydrogen-bond acceptors (Lipinski definition) is 7. The number of ether oxygens (including phenoxy) is 2. The van der Waals surface area contributed by atoms with Crippen molar-refractivity contribution in [2.24, 2.45) is 11.8 Å². The van der Waals surface area contributed by atoms with Crippen molar-refractivity contribution in [2.75, 3.05) is 38.7 Å². The molecule has 2 aliphatic heterocycles. The first-order valence-corrected chi connectivity index (χ1v) is 12.2. The zero-order valence-corrected chi connectivity index (χ0v) is 20.3. The van der Waals surface area contributed by atoms with Crippen molar-refractivity contribution >= 4 is 40.7 Å². The van der Waals surface area contributed by atoms with Gasteiger partial charge in [-0.15, -0.1) is 0 Å². The standard InChI is InChI=1S/C25H26BClFN5O2/c1-34-23-9-22-19(25(31-15-30-22)32-18-3-4-21(28)20(27)7-18)8-24(23)35-6-2-5-33-12-16-10-26(14-29)11-17(16)13-33/h3-4,7-9,15-17H,2,5-6,10-13H2,1H3,(H,30,31,32). The summed E-state index contributed by atoms with van der Waals surface area (Å²) in [4.78, 5) is 11.2. The molecule has 7 nitrogen and oxygen atoms in total. The van der Waals surface area contributed by atoms with Crippen molar-refractivity contribution < 1.29 is 13.9 Å². The molecule has 180 valence electrons. The summed E-state index contributed by atoms with van der Waals surface area (Å²) in [5.41, 5.74) is 1.31. The Hall–Kier alpha value is -3.09. The van der Waals surface area contributed by atoms with Crippen LogP contribution in [0, 0.1) is 28.9 Å². The largest absolute Gasteiger partial charge is 0.493 e. The first kappa shape index (κ1) is 23.6. The number of halogens is 2. The average molecular weight is 494 g/mol. The van der Waals surface area contributed by atoms with Crippen LogP contribution in [0.4, 0.5) is 15.9 Å². The molecule has 3 heterocycles. The van der Waals surface area contributed by atoms with Gasteiger partial charge in [-0.05, 0) is 42.5 Å². The maximum atomic E-state index is 13.5. The Bertz CT molecular complexity index is 1260. The summed E-state index contributed by atoms with van der Waals surface area (Å²) in [6, 6.07) is 8.11. The molecule has 0 spiro atoms. The van der Waals surface area contributed by atoms with E-state index < -0.39 is 5.82 Å². The number of rotatable bonds is 8. The van der Waals surface area contributed by atoms with Crippen LogP contribution in [0.1, 0.15) is 6.42 Å². The maximum Gasteiger partial charge on any atom is 0.268 e. The van der Waals surface area contributed by atoms with Gasteiger partial charge in [-0.3, -0.25) is 0 Å². The topological polar surface area (TPSA) is 83.3 Å². The van der Waals surface area contributed by atoms with Gasteiger partial charge in [-0.1, -0.05) is 24.2 Å². The predicted octanol–water partition coefficient (Wildman–Crippen LogP) is 5.06. The molecule has 2 aromatic carbocycles. The second-order valence-corrected chi connectivity index (χ2v) is 9.68. The van der Waals surface area contributed by atoms with E-state index in [4.69, 9.17) is 26.3 Å². The van der Waals surface area contributed by atoms with Gasteiger partial charge in [0.1, 0.15) is 18.0 Å². The minimum atomic E-state index is -0.478. The quantitative estimate of drug-likeness (QED) is 0.347. The van der Waals surface area contributed by atoms with Crippen LogP contribution in [-0.4, -0.2) is 54.9 Å². The Morgan fingerprint density at radius 1 is 1.20 bits per heavy atom. The van der Waals surface area contributed by atoms with Crippen molar-refractivity contribution in [1.82, 2.24) is 14.9 Å². The molecule has 0 aliphatic carbocycles. The highest BCUT2D eigenvalue weighted by Crippen LogP contribution is 2.39. The van der Waals surface area contributed by atoms with Crippen molar-refractivity contribution in [3.05, 3.63) is 47.5 Å². The van der Waals surface area contributed by atoms with E-state index in [-0.39, 0.29) is 11.7 Å². The zero-order chi connectivity index (χ0) is 24.4. The van der Waals surface area contributed by atoms with Crippen LogP contribution in [0.5, 0.6) is 11.5 Å². The molecular weight excluding hydrogens is 468 g/mol. The number of likely N-dealkylation sites (tertiary alicyclic amines) is 1. The summed E-state index contributed by atoms with van der Waals surface area (Å²) in [6.07, 6.45) is 4.45. The van der Waals surface area contributed by atoms with Crippen LogP contribution in [0.15, 0.2) is 36.7 Å². The van der Waals surface area contributed by atoms with Gasteiger partial charge in [0.25, 0.3) is 6.71 Å². The molecule has 5 rings (SSSR count). The van der Waals surface area contributed by atoms with Gasteiger partial charge in [0.2, 0.25) is 0 Å². The van der Waals surface area contributed by atoms with E-state index in [1.165, 1.54) is 18.5 Å². The van der Waals surface area contributed by atoms with E-state index in [1.54, 1.807) is 13.2 Å². The third-order valence-electron chi connectivity index (χ3n) is 6.99. The van der Waals surface area contributed by atoms with Crippen LogP contribution < -0.4 is 14.8 Å². The van der Waals surface area contributed by atoms with Crippen LogP contribution in [0.2, 0.25) is 17.7 Å². The monoisotopic (exact) mass is 493 g/mol. The smallest absolute Gasteiger partial charge is 0.268 e. The number of anilines is 2. The average Bonchev–Trinajstić information content (AvgIpc) is 3.42. The number of aromatic nitrogens is 2. The highest BCUT2D eigenvalue weighted by atomic mass is 35.5. The van der Waals surface area contributed by atoms with E-state index in [0.29, 0.717) is 47.0 Å². The Morgan fingerprint density at radius 3 is 2.71 bits per heavy atom. The number of hydrogen-bond donors (Lipinski definition) is 1. The molecule has 2 aliphatic rings. The number of benzene rings is 2. The number of methoxy groups -OCH3 is 1. The van der Waals surface area contributed by atoms with E-state index in [0.717, 1.165) is 44.1 Å². The minimum absolute atomic E-state index is 0.0329. The summed E-state index contributed by atoms with van der Waals surface area (Å²) in [5.74, 6) is 5.08. The molecule has 0 radical (unpaired) electrons. The highest BCUT2D eigenvalue weighted by Gasteiger charge is 2.42. The van der Waals surface area contributed by atoms with E-state index >= 15 is 0 Å². The third kappa shape index (κ3) is 5.14. The zero-order valence-electron chi connectivity index (χ0n) is 19.5. The summed E-state index contributed by atoms with van der Waals surface area (Å²) in [5, 5.41) is 13.1. The van der Waals surface area contributed by atoms with Crippen molar-refractivity contribution in [2.45, 2.75) is 19.1 Å². The van der Waals surface area contributed by atoms with E-state index in [9.17, 15) is 4.39 Å². The van der Waals surface area contributed by atoms with Gasteiger partial charge in [-0.25, -0.2) is 19.6 Å². The minimum Gasteiger partial charge on any atom is -0.493 e. The lowest BCUT2D eigenvalue weighted by Crippen LogP contribution is -2.25. The molecule has 1 aromatic heterocycles. The summed E-state index contributed by atoms with van der Waals surface area (Å²) in [6.45, 7) is 3.95. The molecule has 3 aromatic rings. The molecule has 0 saturated carbocycles. The Labute approximate surface area is 209 Å². The van der Waals surface area contributed by atoms with E-state index in [1.807, 2.05) is 12.1 Å². The molecule has 1 N–H and O–H groups in total. The second-order valence-electron chi connectivity index (χ2n) is 9.28. The fourth-order valence-electron chi connectivity index (χ4n) is 5.30. The lowest BCUT2D eigenvalue weighted by Gasteiger charge is -2.18. The molecule has 35 heavy (non-hydrogen) atoms. The lowest BCUT2D eigenvalue weighted by atomic mass is 9.49. The van der Waals surface area contributed by atoms with Crippen LogP contribution in [0.25, 0.3) is 10.9 Å². The molecular formula is C25H26BClFN5O2. The Morgan fingerprint density at radius 2 is 2.00 bits per heavy atom. The number of nitriles is 1. The van der Waals surface area contributed by atoms with Crippen LogP contribution in [-0.2, 0) is 0 Å². The third-order valence-corrected chi connectivity index (χ3v) is 7.28. The van der Waals surface area contributed by atoms with Crippen LogP contribution >= 0.6 is 11.6 Å². The van der Waals surface area contributed by atoms with Gasteiger partial charge in [-0.2, -0.15) is 0 Å². The maximum absolute atomic E-state index is 13.5. The Balaban J connectivity index is 1.24. The normalized spacial score (nSPS) is 19.5. The van der Waals surface area contributed by atoms with Gasteiger partial charge < -0.3 is 19.7 Å². The SMILES string of the molecule is COc1cc2ncnc(Nc3ccc(F)c(Cl)c3)c2cc1OCCCN1CC2CB(C#N)CC2C1. The van der Waals surface area contributed by atoms with E-state index in [2.05, 4.69) is 26.2 Å². The highest BCUT2D eigenvalue weighted by molar-refractivity contribution is 6.67. The fraction of sp³-hybridized carbons (Fsp3) is 0.400. The fourth-order valence-corrected chi connectivity index (χ4v) is 5.48. The van der Waals surface area contributed by atoms with Crippen LogP contribution in [0.3, 0.4) is 0 Å². The second kappa shape index (κ2) is 10.3. The molecule has 2 saturated heterocycles. The van der Waals surface area contributed by atoms with Crippen molar-refractivity contribution in [3.8, 4) is 17.5 Å². The number of fused-ring (bicyclic) bond motifs is 2. The van der Waals surface area contributed by atoms with Crippen molar-refractivity contribution in [3.63, 3.8) is 0 Å². The molecule has 2 fully saturated rings.